The molecule has 0 atom stereocenters. The lowest BCUT2D eigenvalue weighted by Crippen LogP contribution is -2.15. The molecule has 5 heteroatoms. The Hall–Kier alpha value is -2.17. The molecule has 0 aromatic carbocycles. The van der Waals surface area contributed by atoms with Crippen LogP contribution in [0.25, 0.3) is 11.5 Å². The van der Waals surface area contributed by atoms with Crippen LogP contribution in [0.1, 0.15) is 11.3 Å². The number of aryl methyl sites for hydroxylation is 1. The molecular weight excluding hydrogens is 204 g/mol. The van der Waals surface area contributed by atoms with E-state index in [0.29, 0.717) is 17.1 Å². The molecule has 0 aliphatic carbocycles. The number of nitrogens with two attached hydrogens (primary N) is 1. The van der Waals surface area contributed by atoms with Gasteiger partial charge in [0.05, 0.1) is 5.56 Å². The number of anilines is 1. The van der Waals surface area contributed by atoms with Gasteiger partial charge in [0, 0.05) is 5.69 Å². The number of hydrogen-bond acceptors (Lipinski definition) is 4. The number of H-pyrrole nitrogens is 1. The Bertz CT molecular complexity index is 589. The summed E-state index contributed by atoms with van der Waals surface area (Å²) < 4.78 is 0. The van der Waals surface area contributed by atoms with Gasteiger partial charge in [-0.1, -0.05) is 6.07 Å². The number of nitrogens with zero attached hydrogens (tertiary/aromatic N) is 2. The molecule has 0 saturated carbocycles. The molecule has 0 saturated heterocycles. The van der Waals surface area contributed by atoms with Crippen molar-refractivity contribution >= 4 is 5.82 Å². The van der Waals surface area contributed by atoms with Crippen molar-refractivity contribution in [2.45, 2.75) is 13.8 Å². The number of rotatable bonds is 1. The van der Waals surface area contributed by atoms with Gasteiger partial charge in [-0.2, -0.15) is 0 Å². The Kier molecular flexibility index (Phi) is 2.44. The molecule has 16 heavy (non-hydrogen) atoms. The van der Waals surface area contributed by atoms with Gasteiger partial charge in [0.15, 0.2) is 5.82 Å². The first-order valence-corrected chi connectivity index (χ1v) is 4.88. The van der Waals surface area contributed by atoms with E-state index in [4.69, 9.17) is 5.73 Å². The molecule has 0 unspecified atom stereocenters. The van der Waals surface area contributed by atoms with E-state index < -0.39 is 0 Å². The van der Waals surface area contributed by atoms with Crippen LogP contribution in [-0.4, -0.2) is 15.0 Å². The highest BCUT2D eigenvalue weighted by Crippen LogP contribution is 2.12. The van der Waals surface area contributed by atoms with Gasteiger partial charge < -0.3 is 10.7 Å². The van der Waals surface area contributed by atoms with Gasteiger partial charge in [0.25, 0.3) is 5.56 Å². The second-order valence-corrected chi connectivity index (χ2v) is 3.59. The molecule has 0 fully saturated rings. The molecule has 2 heterocycles. The van der Waals surface area contributed by atoms with Crippen molar-refractivity contribution in [3.05, 3.63) is 39.8 Å². The van der Waals surface area contributed by atoms with Crippen molar-refractivity contribution in [1.29, 1.82) is 0 Å². The maximum Gasteiger partial charge on any atom is 0.256 e. The number of pyridine rings is 1. The highest BCUT2D eigenvalue weighted by atomic mass is 16.1. The minimum Gasteiger partial charge on any atom is -0.383 e. The normalized spacial score (nSPS) is 10.4. The first-order chi connectivity index (χ1) is 7.58. The maximum absolute atomic E-state index is 11.5. The van der Waals surface area contributed by atoms with Gasteiger partial charge in [0.2, 0.25) is 0 Å². The first kappa shape index (κ1) is 10.4. The van der Waals surface area contributed by atoms with E-state index in [0.717, 1.165) is 5.69 Å². The van der Waals surface area contributed by atoms with Crippen LogP contribution in [0, 0.1) is 13.8 Å². The molecule has 3 N–H and O–H groups in total. The summed E-state index contributed by atoms with van der Waals surface area (Å²) in [5, 5.41) is 0. The first-order valence-electron chi connectivity index (χ1n) is 4.88. The van der Waals surface area contributed by atoms with Crippen LogP contribution in [0.15, 0.2) is 23.0 Å². The van der Waals surface area contributed by atoms with Crippen molar-refractivity contribution in [3.63, 3.8) is 0 Å². The molecule has 0 spiro atoms. The Labute approximate surface area is 92.4 Å². The third-order valence-corrected chi connectivity index (χ3v) is 2.32. The van der Waals surface area contributed by atoms with Gasteiger partial charge in [-0.15, -0.1) is 0 Å². The van der Waals surface area contributed by atoms with Crippen LogP contribution >= 0.6 is 0 Å². The van der Waals surface area contributed by atoms with Crippen LogP contribution in [0.5, 0.6) is 0 Å². The highest BCUT2D eigenvalue weighted by molar-refractivity contribution is 5.52. The standard InChI is InChI=1S/C11H12N4O/c1-6-4-3-5-8(13-6)10-14-9(12)7(2)11(16)15-10/h3-5H,1-2H3,(H3,12,14,15,16). The van der Waals surface area contributed by atoms with E-state index >= 15 is 0 Å². The largest absolute Gasteiger partial charge is 0.383 e. The number of hydrogen-bond donors (Lipinski definition) is 2. The van der Waals surface area contributed by atoms with Crippen molar-refractivity contribution in [1.82, 2.24) is 15.0 Å². The Morgan fingerprint density at radius 3 is 2.62 bits per heavy atom. The topological polar surface area (TPSA) is 84.7 Å². The second-order valence-electron chi connectivity index (χ2n) is 3.59. The van der Waals surface area contributed by atoms with E-state index in [-0.39, 0.29) is 11.4 Å². The lowest BCUT2D eigenvalue weighted by atomic mass is 10.3. The molecule has 0 aliphatic rings. The molecule has 0 bridgehead atoms. The number of nitrogen functional groups attached to an aromatic ring is 1. The molecule has 0 radical (unpaired) electrons. The molecule has 0 amide bonds. The summed E-state index contributed by atoms with van der Waals surface area (Å²) in [6.45, 7) is 3.51. The lowest BCUT2D eigenvalue weighted by Gasteiger charge is -2.03. The predicted octanol–water partition coefficient (Wildman–Crippen LogP) is 1.03. The van der Waals surface area contributed by atoms with Gasteiger partial charge in [-0.3, -0.25) is 4.79 Å². The maximum atomic E-state index is 11.5. The summed E-state index contributed by atoms with van der Waals surface area (Å²) >= 11 is 0. The fourth-order valence-corrected chi connectivity index (χ4v) is 1.35. The van der Waals surface area contributed by atoms with Crippen LogP contribution in [0.2, 0.25) is 0 Å². The van der Waals surface area contributed by atoms with E-state index in [2.05, 4.69) is 15.0 Å². The summed E-state index contributed by atoms with van der Waals surface area (Å²) in [4.78, 5) is 22.5. The van der Waals surface area contributed by atoms with Gasteiger partial charge in [0.1, 0.15) is 11.5 Å². The Balaban J connectivity index is 2.61. The fraction of sp³-hybridized carbons (Fsp3) is 0.182. The fourth-order valence-electron chi connectivity index (χ4n) is 1.35. The average molecular weight is 216 g/mol. The summed E-state index contributed by atoms with van der Waals surface area (Å²) in [6.07, 6.45) is 0. The van der Waals surface area contributed by atoms with Crippen LogP contribution in [0.3, 0.4) is 0 Å². The number of aromatic nitrogens is 3. The minimum atomic E-state index is -0.231. The number of aromatic amines is 1. The van der Waals surface area contributed by atoms with Crippen LogP contribution in [-0.2, 0) is 0 Å². The van der Waals surface area contributed by atoms with E-state index in [1.807, 2.05) is 19.1 Å². The van der Waals surface area contributed by atoms with E-state index in [1.165, 1.54) is 0 Å². The smallest absolute Gasteiger partial charge is 0.256 e. The van der Waals surface area contributed by atoms with Crippen LogP contribution < -0.4 is 11.3 Å². The third kappa shape index (κ3) is 1.79. The van der Waals surface area contributed by atoms with Gasteiger partial charge in [-0.25, -0.2) is 9.97 Å². The quantitative estimate of drug-likeness (QED) is 0.745. The SMILES string of the molecule is Cc1cccc(-c2nc(N)c(C)c(=O)[nH]2)n1. The van der Waals surface area contributed by atoms with Gasteiger partial charge in [-0.05, 0) is 26.0 Å². The molecular formula is C11H12N4O. The van der Waals surface area contributed by atoms with Crippen LogP contribution in [0.4, 0.5) is 5.82 Å². The van der Waals surface area contributed by atoms with Crippen molar-refractivity contribution in [2.24, 2.45) is 0 Å². The molecule has 2 rings (SSSR count). The van der Waals surface area contributed by atoms with Crippen molar-refractivity contribution in [2.75, 3.05) is 5.73 Å². The van der Waals surface area contributed by atoms with Crippen molar-refractivity contribution < 1.29 is 0 Å². The summed E-state index contributed by atoms with van der Waals surface area (Å²) in [7, 11) is 0. The van der Waals surface area contributed by atoms with E-state index in [9.17, 15) is 4.79 Å². The minimum absolute atomic E-state index is 0.231. The molecule has 2 aromatic rings. The summed E-state index contributed by atoms with van der Waals surface area (Å²) in [6, 6.07) is 5.51. The van der Waals surface area contributed by atoms with Gasteiger partial charge >= 0.3 is 0 Å². The Morgan fingerprint density at radius 2 is 2.00 bits per heavy atom. The predicted molar refractivity (Wildman–Crippen MR) is 62.0 cm³/mol. The highest BCUT2D eigenvalue weighted by Gasteiger charge is 2.07. The van der Waals surface area contributed by atoms with Crippen molar-refractivity contribution in [3.8, 4) is 11.5 Å². The Morgan fingerprint density at radius 1 is 1.25 bits per heavy atom. The van der Waals surface area contributed by atoms with E-state index in [1.54, 1.807) is 13.0 Å². The lowest BCUT2D eigenvalue weighted by molar-refractivity contribution is 1.07. The summed E-state index contributed by atoms with van der Waals surface area (Å²) in [5.41, 5.74) is 7.31. The average Bonchev–Trinajstić information content (AvgIpc) is 2.25. The zero-order valence-corrected chi connectivity index (χ0v) is 9.11. The molecule has 0 aliphatic heterocycles. The molecule has 2 aromatic heterocycles. The zero-order chi connectivity index (χ0) is 11.7. The molecule has 82 valence electrons. The monoisotopic (exact) mass is 216 g/mol. The zero-order valence-electron chi connectivity index (χ0n) is 9.11. The molecule has 5 nitrogen and oxygen atoms in total. The second kappa shape index (κ2) is 3.77. The number of nitrogens with one attached hydrogen (secondary N) is 1. The summed E-state index contributed by atoms with van der Waals surface area (Å²) in [5.74, 6) is 0.638. The third-order valence-electron chi connectivity index (χ3n) is 2.32.